The Bertz CT molecular complexity index is 455. The van der Waals surface area contributed by atoms with Crippen molar-refractivity contribution in [2.24, 2.45) is 0 Å². The van der Waals surface area contributed by atoms with E-state index in [9.17, 15) is 4.39 Å². The summed E-state index contributed by atoms with van der Waals surface area (Å²) < 4.78 is 18.9. The predicted octanol–water partition coefficient (Wildman–Crippen LogP) is 4.12. The van der Waals surface area contributed by atoms with Crippen LogP contribution in [-0.2, 0) is 6.61 Å². The van der Waals surface area contributed by atoms with E-state index >= 15 is 0 Å². The molecule has 0 aliphatic rings. The van der Waals surface area contributed by atoms with Crippen LogP contribution < -0.4 is 4.74 Å². The van der Waals surface area contributed by atoms with Crippen LogP contribution >= 0.6 is 22.9 Å². The number of halogens is 2. The molecule has 15 heavy (non-hydrogen) atoms. The van der Waals surface area contributed by atoms with Gasteiger partial charge in [-0.2, -0.15) is 0 Å². The lowest BCUT2D eigenvalue weighted by molar-refractivity contribution is 0.308. The predicted molar refractivity (Wildman–Crippen MR) is 60.1 cm³/mol. The average Bonchev–Trinajstić information content (AvgIpc) is 2.62. The van der Waals surface area contributed by atoms with Gasteiger partial charge in [0.25, 0.3) is 0 Å². The highest BCUT2D eigenvalue weighted by Crippen LogP contribution is 2.23. The van der Waals surface area contributed by atoms with Crippen molar-refractivity contribution in [3.63, 3.8) is 0 Å². The van der Waals surface area contributed by atoms with E-state index in [0.29, 0.717) is 12.4 Å². The quantitative estimate of drug-likeness (QED) is 0.787. The Morgan fingerprint density at radius 1 is 1.27 bits per heavy atom. The molecular weight excluding hydrogens is 235 g/mol. The summed E-state index contributed by atoms with van der Waals surface area (Å²) in [5.74, 6) is 0.233. The van der Waals surface area contributed by atoms with Gasteiger partial charge in [-0.15, -0.1) is 11.3 Å². The molecule has 1 aromatic carbocycles. The molecule has 0 amide bonds. The monoisotopic (exact) mass is 242 g/mol. The summed E-state index contributed by atoms with van der Waals surface area (Å²) in [7, 11) is 0. The van der Waals surface area contributed by atoms with Crippen molar-refractivity contribution in [3.05, 3.63) is 51.4 Å². The zero-order valence-electron chi connectivity index (χ0n) is 7.74. The minimum atomic E-state index is -0.295. The largest absolute Gasteiger partial charge is 0.488 e. The Labute approximate surface area is 96.1 Å². The van der Waals surface area contributed by atoms with E-state index in [1.54, 1.807) is 12.1 Å². The van der Waals surface area contributed by atoms with E-state index < -0.39 is 0 Å². The minimum absolute atomic E-state index is 0.295. The van der Waals surface area contributed by atoms with Gasteiger partial charge in [0, 0.05) is 10.9 Å². The van der Waals surface area contributed by atoms with Crippen molar-refractivity contribution in [2.45, 2.75) is 6.61 Å². The van der Waals surface area contributed by atoms with Gasteiger partial charge in [0.2, 0.25) is 0 Å². The first-order valence-corrected chi connectivity index (χ1v) is 5.56. The molecule has 0 atom stereocenters. The van der Waals surface area contributed by atoms with Gasteiger partial charge in [0.05, 0.1) is 4.34 Å². The molecule has 1 nitrogen and oxygen atoms in total. The first-order valence-electron chi connectivity index (χ1n) is 4.36. The van der Waals surface area contributed by atoms with Crippen LogP contribution in [0.15, 0.2) is 36.4 Å². The van der Waals surface area contributed by atoms with Crippen LogP contribution in [0.1, 0.15) is 4.88 Å². The van der Waals surface area contributed by atoms with Crippen LogP contribution in [0.5, 0.6) is 5.75 Å². The third kappa shape index (κ3) is 2.94. The molecule has 1 aromatic heterocycles. The van der Waals surface area contributed by atoms with Gasteiger partial charge in [0.15, 0.2) is 0 Å². The van der Waals surface area contributed by atoms with Crippen molar-refractivity contribution in [1.29, 1.82) is 0 Å². The van der Waals surface area contributed by atoms with Crippen LogP contribution in [0.4, 0.5) is 4.39 Å². The summed E-state index contributed by atoms with van der Waals surface area (Å²) in [4.78, 5) is 1.02. The Morgan fingerprint density at radius 3 is 2.80 bits per heavy atom. The second-order valence-corrected chi connectivity index (χ2v) is 4.75. The molecule has 1 heterocycles. The van der Waals surface area contributed by atoms with Crippen molar-refractivity contribution >= 4 is 22.9 Å². The molecule has 0 saturated heterocycles. The second kappa shape index (κ2) is 4.64. The zero-order chi connectivity index (χ0) is 10.7. The molecular formula is C11H8ClFOS. The Morgan fingerprint density at radius 2 is 2.13 bits per heavy atom. The molecule has 0 spiro atoms. The van der Waals surface area contributed by atoms with Gasteiger partial charge in [-0.25, -0.2) is 4.39 Å². The molecule has 0 aliphatic heterocycles. The van der Waals surface area contributed by atoms with Gasteiger partial charge in [0.1, 0.15) is 18.2 Å². The fourth-order valence-corrected chi connectivity index (χ4v) is 2.14. The maximum Gasteiger partial charge on any atom is 0.126 e. The van der Waals surface area contributed by atoms with Crippen LogP contribution in [0, 0.1) is 5.82 Å². The van der Waals surface area contributed by atoms with Gasteiger partial charge < -0.3 is 4.74 Å². The number of rotatable bonds is 3. The maximum atomic E-state index is 12.8. The first-order chi connectivity index (χ1) is 7.24. The molecule has 0 N–H and O–H groups in total. The number of thiophene rings is 1. The topological polar surface area (TPSA) is 9.23 Å². The summed E-state index contributed by atoms with van der Waals surface area (Å²) in [6, 6.07) is 9.79. The molecule has 0 unspecified atom stereocenters. The van der Waals surface area contributed by atoms with Crippen molar-refractivity contribution < 1.29 is 9.13 Å². The van der Waals surface area contributed by atoms with E-state index in [0.717, 1.165) is 9.21 Å². The van der Waals surface area contributed by atoms with Gasteiger partial charge in [-0.3, -0.25) is 0 Å². The molecule has 0 aliphatic carbocycles. The SMILES string of the molecule is Fc1cccc(OCc2ccc(Cl)s2)c1. The Kier molecular flexibility index (Phi) is 3.23. The lowest BCUT2D eigenvalue weighted by atomic mass is 10.3. The third-order valence-electron chi connectivity index (χ3n) is 1.81. The van der Waals surface area contributed by atoms with Crippen LogP contribution in [-0.4, -0.2) is 0 Å². The Balaban J connectivity index is 1.99. The summed E-state index contributed by atoms with van der Waals surface area (Å²) in [6.07, 6.45) is 0. The van der Waals surface area contributed by atoms with Crippen LogP contribution in [0.2, 0.25) is 4.34 Å². The highest BCUT2D eigenvalue weighted by molar-refractivity contribution is 7.16. The fraction of sp³-hybridized carbons (Fsp3) is 0.0909. The smallest absolute Gasteiger partial charge is 0.126 e. The highest BCUT2D eigenvalue weighted by Gasteiger charge is 2.00. The molecule has 0 fully saturated rings. The fourth-order valence-electron chi connectivity index (χ4n) is 1.14. The number of hydrogen-bond donors (Lipinski definition) is 0. The summed E-state index contributed by atoms with van der Waals surface area (Å²) in [6.45, 7) is 0.418. The summed E-state index contributed by atoms with van der Waals surface area (Å²) >= 11 is 7.23. The number of ether oxygens (including phenoxy) is 1. The molecule has 2 rings (SSSR count). The third-order valence-corrected chi connectivity index (χ3v) is 3.01. The van der Waals surface area contributed by atoms with E-state index in [2.05, 4.69) is 0 Å². The van der Waals surface area contributed by atoms with E-state index in [1.165, 1.54) is 23.5 Å². The van der Waals surface area contributed by atoms with Gasteiger partial charge >= 0.3 is 0 Å². The Hall–Kier alpha value is -1.06. The number of benzene rings is 1. The average molecular weight is 243 g/mol. The van der Waals surface area contributed by atoms with Crippen LogP contribution in [0.3, 0.4) is 0 Å². The normalized spacial score (nSPS) is 10.3. The van der Waals surface area contributed by atoms with E-state index in [-0.39, 0.29) is 5.82 Å². The molecule has 0 radical (unpaired) electrons. The molecule has 0 saturated carbocycles. The zero-order valence-corrected chi connectivity index (χ0v) is 9.32. The number of hydrogen-bond acceptors (Lipinski definition) is 2. The second-order valence-electron chi connectivity index (χ2n) is 2.95. The lowest BCUT2D eigenvalue weighted by Gasteiger charge is -2.03. The van der Waals surface area contributed by atoms with Crippen molar-refractivity contribution in [1.82, 2.24) is 0 Å². The van der Waals surface area contributed by atoms with Gasteiger partial charge in [-0.05, 0) is 24.3 Å². The molecule has 0 bridgehead atoms. The summed E-state index contributed by atoms with van der Waals surface area (Å²) in [5, 5.41) is 0. The lowest BCUT2D eigenvalue weighted by Crippen LogP contribution is -1.92. The standard InChI is InChI=1S/C11H8ClFOS/c12-11-5-4-10(15-11)7-14-9-3-1-2-8(13)6-9/h1-6H,7H2. The van der Waals surface area contributed by atoms with E-state index in [4.69, 9.17) is 16.3 Å². The van der Waals surface area contributed by atoms with E-state index in [1.807, 2.05) is 12.1 Å². The molecule has 78 valence electrons. The summed E-state index contributed by atoms with van der Waals surface area (Å²) in [5.41, 5.74) is 0. The van der Waals surface area contributed by atoms with Crippen LogP contribution in [0.25, 0.3) is 0 Å². The molecule has 2 aromatic rings. The molecule has 4 heteroatoms. The van der Waals surface area contributed by atoms with Crippen molar-refractivity contribution in [3.8, 4) is 5.75 Å². The van der Waals surface area contributed by atoms with Crippen molar-refractivity contribution in [2.75, 3.05) is 0 Å². The van der Waals surface area contributed by atoms with Gasteiger partial charge in [-0.1, -0.05) is 17.7 Å². The maximum absolute atomic E-state index is 12.8. The first kappa shape index (κ1) is 10.5. The minimum Gasteiger partial charge on any atom is -0.488 e. The highest BCUT2D eigenvalue weighted by atomic mass is 35.5.